The van der Waals surface area contributed by atoms with Crippen LogP contribution in [0.15, 0.2) is 30.3 Å². The van der Waals surface area contributed by atoms with E-state index in [1.54, 1.807) is 0 Å². The van der Waals surface area contributed by atoms with Crippen LogP contribution in [0.1, 0.15) is 47.5 Å². The summed E-state index contributed by atoms with van der Waals surface area (Å²) in [5.74, 6) is 0. The van der Waals surface area contributed by atoms with Gasteiger partial charge in [0.1, 0.15) is 0 Å². The monoisotopic (exact) mass is 288 g/mol. The first-order valence-electron chi connectivity index (χ1n) is 7.44. The van der Waals surface area contributed by atoms with Crippen LogP contribution in [0, 0.1) is 6.92 Å². The molecule has 3 heteroatoms. The van der Waals surface area contributed by atoms with Crippen molar-refractivity contribution in [2.24, 2.45) is 0 Å². The van der Waals surface area contributed by atoms with Gasteiger partial charge in [-0.3, -0.25) is 0 Å². The zero-order valence-corrected chi connectivity index (χ0v) is 13.5. The zero-order valence-electron chi connectivity index (χ0n) is 12.6. The van der Waals surface area contributed by atoms with Gasteiger partial charge in [0.25, 0.3) is 0 Å². The molecule has 1 aromatic heterocycles. The Labute approximate surface area is 126 Å². The van der Waals surface area contributed by atoms with E-state index in [1.807, 2.05) is 11.3 Å². The van der Waals surface area contributed by atoms with Gasteiger partial charge < -0.3 is 5.32 Å². The van der Waals surface area contributed by atoms with Gasteiger partial charge in [0, 0.05) is 17.3 Å². The fraction of sp³-hybridized carbons (Fsp3) is 0.471. The molecule has 108 valence electrons. The number of thiazole rings is 1. The van der Waals surface area contributed by atoms with Crippen molar-refractivity contribution < 1.29 is 0 Å². The van der Waals surface area contributed by atoms with E-state index in [0.717, 1.165) is 19.4 Å². The summed E-state index contributed by atoms with van der Waals surface area (Å²) >= 11 is 1.86. The maximum absolute atomic E-state index is 4.73. The van der Waals surface area contributed by atoms with Crippen LogP contribution in [0.25, 0.3) is 0 Å². The van der Waals surface area contributed by atoms with Gasteiger partial charge in [0.15, 0.2) is 0 Å². The average molecular weight is 288 g/mol. The molecule has 2 aromatic rings. The van der Waals surface area contributed by atoms with Gasteiger partial charge in [0.05, 0.1) is 10.7 Å². The lowest BCUT2D eigenvalue weighted by Gasteiger charge is -2.11. The van der Waals surface area contributed by atoms with E-state index in [-0.39, 0.29) is 0 Å². The molecule has 1 aromatic carbocycles. The Morgan fingerprint density at radius 1 is 1.20 bits per heavy atom. The Hall–Kier alpha value is -1.19. The minimum absolute atomic E-state index is 0.415. The molecular weight excluding hydrogens is 264 g/mol. The van der Waals surface area contributed by atoms with Gasteiger partial charge in [-0.1, -0.05) is 37.3 Å². The maximum Gasteiger partial charge on any atom is 0.0934 e. The molecule has 0 saturated heterocycles. The molecule has 1 heterocycles. The van der Waals surface area contributed by atoms with Crippen molar-refractivity contribution >= 4 is 11.3 Å². The molecule has 1 N–H and O–H groups in total. The van der Waals surface area contributed by atoms with Crippen molar-refractivity contribution in [1.29, 1.82) is 0 Å². The Morgan fingerprint density at radius 2 is 1.95 bits per heavy atom. The first-order valence-corrected chi connectivity index (χ1v) is 8.26. The second kappa shape index (κ2) is 7.55. The highest BCUT2D eigenvalue weighted by atomic mass is 32.1. The summed E-state index contributed by atoms with van der Waals surface area (Å²) < 4.78 is 0. The van der Waals surface area contributed by atoms with Crippen LogP contribution in [-0.4, -0.2) is 11.5 Å². The topological polar surface area (TPSA) is 24.9 Å². The number of benzene rings is 1. The van der Waals surface area contributed by atoms with Crippen molar-refractivity contribution in [3.05, 3.63) is 51.5 Å². The number of nitrogens with one attached hydrogen (secondary N) is 1. The third kappa shape index (κ3) is 4.15. The van der Waals surface area contributed by atoms with E-state index in [2.05, 4.69) is 56.4 Å². The normalized spacial score (nSPS) is 12.6. The lowest BCUT2D eigenvalue weighted by molar-refractivity contribution is 0.575. The number of rotatable bonds is 7. The van der Waals surface area contributed by atoms with Crippen molar-refractivity contribution in [3.63, 3.8) is 0 Å². The predicted molar refractivity (Wildman–Crippen MR) is 87.4 cm³/mol. The Balaban J connectivity index is 1.96. The molecule has 0 fully saturated rings. The summed E-state index contributed by atoms with van der Waals surface area (Å²) in [5, 5.41) is 4.80. The third-order valence-electron chi connectivity index (χ3n) is 3.44. The quantitative estimate of drug-likeness (QED) is 0.821. The zero-order chi connectivity index (χ0) is 14.4. The fourth-order valence-electron chi connectivity index (χ4n) is 2.32. The highest BCUT2D eigenvalue weighted by Crippen LogP contribution is 2.25. The summed E-state index contributed by atoms with van der Waals surface area (Å²) in [5.41, 5.74) is 2.58. The van der Waals surface area contributed by atoms with E-state index in [1.165, 1.54) is 27.6 Å². The molecule has 0 aliphatic heterocycles. The second-order valence-corrected chi connectivity index (χ2v) is 6.33. The molecule has 0 aliphatic rings. The van der Waals surface area contributed by atoms with E-state index in [4.69, 9.17) is 4.98 Å². The van der Waals surface area contributed by atoms with Gasteiger partial charge >= 0.3 is 0 Å². The molecule has 2 nitrogen and oxygen atoms in total. The standard InChI is InChI=1S/C17H24N2S/c1-4-12-18-13(2)17-14(3)19-16(20-17)11-10-15-8-6-5-7-9-15/h5-9,13,18H,4,10-12H2,1-3H3. The largest absolute Gasteiger partial charge is 0.309 e. The molecule has 0 saturated carbocycles. The first kappa shape index (κ1) is 15.2. The summed E-state index contributed by atoms with van der Waals surface area (Å²) in [7, 11) is 0. The van der Waals surface area contributed by atoms with Crippen LogP contribution in [0.5, 0.6) is 0 Å². The summed E-state index contributed by atoms with van der Waals surface area (Å²) in [4.78, 5) is 6.12. The lowest BCUT2D eigenvalue weighted by atomic mass is 10.1. The highest BCUT2D eigenvalue weighted by molar-refractivity contribution is 7.11. The molecular formula is C17H24N2S. The van der Waals surface area contributed by atoms with Crippen molar-refractivity contribution in [1.82, 2.24) is 10.3 Å². The van der Waals surface area contributed by atoms with Gasteiger partial charge in [-0.15, -0.1) is 11.3 Å². The van der Waals surface area contributed by atoms with Crippen LogP contribution in [0.3, 0.4) is 0 Å². The van der Waals surface area contributed by atoms with Crippen molar-refractivity contribution in [3.8, 4) is 0 Å². The lowest BCUT2D eigenvalue weighted by Crippen LogP contribution is -2.18. The number of hydrogen-bond donors (Lipinski definition) is 1. The first-order chi connectivity index (χ1) is 9.70. The van der Waals surface area contributed by atoms with Crippen molar-refractivity contribution in [2.45, 2.75) is 46.1 Å². The number of hydrogen-bond acceptors (Lipinski definition) is 3. The smallest absolute Gasteiger partial charge is 0.0934 e. The van der Waals surface area contributed by atoms with Crippen LogP contribution >= 0.6 is 11.3 Å². The molecule has 0 bridgehead atoms. The minimum Gasteiger partial charge on any atom is -0.309 e. The Bertz CT molecular complexity index is 519. The maximum atomic E-state index is 4.73. The molecule has 0 aliphatic carbocycles. The van der Waals surface area contributed by atoms with E-state index in [9.17, 15) is 0 Å². The minimum atomic E-state index is 0.415. The summed E-state index contributed by atoms with van der Waals surface area (Å²) in [6.07, 6.45) is 3.28. The number of aryl methyl sites for hydroxylation is 3. The van der Waals surface area contributed by atoms with Crippen LogP contribution in [0.4, 0.5) is 0 Å². The highest BCUT2D eigenvalue weighted by Gasteiger charge is 2.13. The molecule has 0 amide bonds. The average Bonchev–Trinajstić information content (AvgIpc) is 2.85. The van der Waals surface area contributed by atoms with Gasteiger partial charge in [-0.05, 0) is 38.8 Å². The molecule has 1 unspecified atom stereocenters. The third-order valence-corrected chi connectivity index (χ3v) is 4.84. The molecule has 2 rings (SSSR count). The van der Waals surface area contributed by atoms with Gasteiger partial charge in [-0.25, -0.2) is 4.98 Å². The fourth-order valence-corrected chi connectivity index (χ4v) is 3.42. The van der Waals surface area contributed by atoms with Crippen LogP contribution < -0.4 is 5.32 Å². The second-order valence-electron chi connectivity index (χ2n) is 5.22. The van der Waals surface area contributed by atoms with Gasteiger partial charge in [-0.2, -0.15) is 0 Å². The molecule has 0 radical (unpaired) electrons. The van der Waals surface area contributed by atoms with Crippen molar-refractivity contribution in [2.75, 3.05) is 6.54 Å². The summed E-state index contributed by atoms with van der Waals surface area (Å²) in [6.45, 7) is 7.63. The molecule has 20 heavy (non-hydrogen) atoms. The molecule has 1 atom stereocenters. The van der Waals surface area contributed by atoms with Crippen LogP contribution in [-0.2, 0) is 12.8 Å². The summed E-state index contributed by atoms with van der Waals surface area (Å²) in [6, 6.07) is 11.1. The molecule has 0 spiro atoms. The Morgan fingerprint density at radius 3 is 2.65 bits per heavy atom. The van der Waals surface area contributed by atoms with E-state index < -0.39 is 0 Å². The Kier molecular flexibility index (Phi) is 5.74. The predicted octanol–water partition coefficient (Wildman–Crippen LogP) is 4.30. The number of aromatic nitrogens is 1. The van der Waals surface area contributed by atoms with Gasteiger partial charge in [0.2, 0.25) is 0 Å². The van der Waals surface area contributed by atoms with Crippen LogP contribution in [0.2, 0.25) is 0 Å². The van der Waals surface area contributed by atoms with E-state index >= 15 is 0 Å². The number of nitrogens with zero attached hydrogens (tertiary/aromatic N) is 1. The SMILES string of the molecule is CCCNC(C)c1sc(CCc2ccccc2)nc1C. The van der Waals surface area contributed by atoms with E-state index in [0.29, 0.717) is 6.04 Å².